The fourth-order valence-electron chi connectivity index (χ4n) is 6.02. The largest absolute Gasteiger partial charge is 0.394 e. The summed E-state index contributed by atoms with van der Waals surface area (Å²) in [6.45, 7) is 1.73. The molecule has 0 bridgehead atoms. The molecule has 9 N–H and O–H groups in total. The molecule has 262 valence electrons. The molecule has 3 saturated heterocycles. The Bertz CT molecular complexity index is 1330. The molecule has 3 heterocycles. The molecule has 16 heteroatoms. The van der Waals surface area contributed by atoms with Gasteiger partial charge in [0.2, 0.25) is 0 Å². The second-order valence-electron chi connectivity index (χ2n) is 11.8. The predicted octanol–water partition coefficient (Wildman–Crippen LogP) is -2.91. The molecular formula is C31H43NO15. The number of rotatable bonds is 10. The van der Waals surface area contributed by atoms with E-state index in [-0.39, 0.29) is 12.2 Å². The molecule has 15 atom stereocenters. The zero-order chi connectivity index (χ0) is 34.0. The van der Waals surface area contributed by atoms with E-state index in [9.17, 15) is 45.6 Å². The van der Waals surface area contributed by atoms with Gasteiger partial charge in [-0.05, 0) is 36.8 Å². The van der Waals surface area contributed by atoms with Crippen LogP contribution in [0.25, 0.3) is 10.8 Å². The Labute approximate surface area is 270 Å². The molecule has 3 fully saturated rings. The molecule has 47 heavy (non-hydrogen) atoms. The van der Waals surface area contributed by atoms with Crippen LogP contribution in [-0.2, 0) is 28.4 Å². The van der Waals surface area contributed by atoms with Gasteiger partial charge in [0, 0.05) is 12.2 Å². The summed E-state index contributed by atoms with van der Waals surface area (Å²) in [5.41, 5.74) is 0.259. The molecule has 2 aromatic carbocycles. The number of carbonyl (C=O) groups excluding carboxylic acids is 1. The standard InChI is InChI=1S/C31H43NO15/c1-3-42-29-19(32-28(41)16-9-8-14-6-4-5-7-15(14)10-16)27(47-30-24(39)22(37)20(35)13(2)43-30)26(18(12-34)45-29)46-31-25(40)23(38)21(36)17(11-33)44-31/h4-10,13,17-27,29-31,33-40H,3,11-12H2,1-2H3,(H,32,41). The topological polar surface area (TPSA) is 246 Å². The third kappa shape index (κ3) is 7.46. The van der Waals surface area contributed by atoms with E-state index >= 15 is 0 Å². The smallest absolute Gasteiger partial charge is 0.251 e. The van der Waals surface area contributed by atoms with Crippen LogP contribution in [0.5, 0.6) is 0 Å². The molecule has 2 aromatic rings. The first kappa shape index (κ1) is 35.9. The lowest BCUT2D eigenvalue weighted by Crippen LogP contribution is -2.69. The van der Waals surface area contributed by atoms with Crippen LogP contribution in [-0.4, -0.2) is 159 Å². The van der Waals surface area contributed by atoms with E-state index in [0.717, 1.165) is 10.8 Å². The Morgan fingerprint density at radius 2 is 1.32 bits per heavy atom. The summed E-state index contributed by atoms with van der Waals surface area (Å²) in [4.78, 5) is 13.7. The highest BCUT2D eigenvalue weighted by Crippen LogP contribution is 2.34. The average molecular weight is 670 g/mol. The van der Waals surface area contributed by atoms with Gasteiger partial charge in [-0.25, -0.2) is 0 Å². The summed E-state index contributed by atoms with van der Waals surface area (Å²) in [5, 5.41) is 87.5. The van der Waals surface area contributed by atoms with Crippen molar-refractivity contribution in [3.63, 3.8) is 0 Å². The van der Waals surface area contributed by atoms with Crippen molar-refractivity contribution >= 4 is 16.7 Å². The van der Waals surface area contributed by atoms with E-state index < -0.39 is 111 Å². The van der Waals surface area contributed by atoms with Gasteiger partial charge in [0.15, 0.2) is 18.9 Å². The van der Waals surface area contributed by atoms with Crippen LogP contribution in [0.3, 0.4) is 0 Å². The van der Waals surface area contributed by atoms with Gasteiger partial charge in [-0.3, -0.25) is 4.79 Å². The second-order valence-corrected chi connectivity index (χ2v) is 11.8. The number of amides is 1. The van der Waals surface area contributed by atoms with E-state index in [2.05, 4.69) is 5.32 Å². The minimum Gasteiger partial charge on any atom is -0.394 e. The van der Waals surface area contributed by atoms with E-state index in [1.54, 1.807) is 25.1 Å². The molecule has 3 aliphatic rings. The van der Waals surface area contributed by atoms with Gasteiger partial charge in [-0.1, -0.05) is 30.3 Å². The van der Waals surface area contributed by atoms with Crippen molar-refractivity contribution in [3.8, 4) is 0 Å². The molecule has 0 aromatic heterocycles. The summed E-state index contributed by atoms with van der Waals surface area (Å²) in [7, 11) is 0. The molecule has 0 spiro atoms. The number of aliphatic hydroxyl groups excluding tert-OH is 8. The van der Waals surface area contributed by atoms with Gasteiger partial charge >= 0.3 is 0 Å². The quantitative estimate of drug-likeness (QED) is 0.123. The van der Waals surface area contributed by atoms with Gasteiger partial charge < -0.3 is 74.6 Å². The molecule has 15 unspecified atom stereocenters. The molecular weight excluding hydrogens is 626 g/mol. The van der Waals surface area contributed by atoms with Crippen molar-refractivity contribution in [2.75, 3.05) is 19.8 Å². The Morgan fingerprint density at radius 3 is 1.98 bits per heavy atom. The van der Waals surface area contributed by atoms with Crippen molar-refractivity contribution in [3.05, 3.63) is 48.0 Å². The average Bonchev–Trinajstić information content (AvgIpc) is 3.08. The Balaban J connectivity index is 1.51. The number of benzene rings is 2. The first-order valence-corrected chi connectivity index (χ1v) is 15.5. The summed E-state index contributed by atoms with van der Waals surface area (Å²) in [6, 6.07) is 11.2. The minimum absolute atomic E-state index is 0.0839. The Morgan fingerprint density at radius 1 is 0.723 bits per heavy atom. The number of ether oxygens (including phenoxy) is 6. The van der Waals surface area contributed by atoms with E-state index in [1.165, 1.54) is 6.92 Å². The third-order valence-corrected chi connectivity index (χ3v) is 8.71. The SMILES string of the molecule is CCOC1OC(CO)C(OC2OC(CO)C(O)C(O)C2O)C(OC2OC(C)C(O)C(O)C2O)C1NC(=O)c1ccc2ccccc2c1. The van der Waals surface area contributed by atoms with Crippen molar-refractivity contribution in [2.45, 2.75) is 106 Å². The highest BCUT2D eigenvalue weighted by atomic mass is 16.8. The molecule has 5 rings (SSSR count). The van der Waals surface area contributed by atoms with E-state index in [0.29, 0.717) is 0 Å². The van der Waals surface area contributed by atoms with Crippen LogP contribution < -0.4 is 5.32 Å². The first-order valence-electron chi connectivity index (χ1n) is 15.5. The van der Waals surface area contributed by atoms with Gasteiger partial charge in [-0.2, -0.15) is 0 Å². The Hall–Kier alpha value is -2.39. The minimum atomic E-state index is -1.85. The van der Waals surface area contributed by atoms with Crippen LogP contribution >= 0.6 is 0 Å². The molecule has 16 nitrogen and oxygen atoms in total. The molecule has 3 aliphatic heterocycles. The second kappa shape index (κ2) is 15.4. The fraction of sp³-hybridized carbons (Fsp3) is 0.645. The van der Waals surface area contributed by atoms with Crippen LogP contribution in [0.4, 0.5) is 0 Å². The number of hydrogen-bond acceptors (Lipinski definition) is 15. The summed E-state index contributed by atoms with van der Waals surface area (Å²) in [5.74, 6) is -0.592. The highest BCUT2D eigenvalue weighted by Gasteiger charge is 2.54. The lowest BCUT2D eigenvalue weighted by Gasteiger charge is -2.50. The number of aliphatic hydroxyl groups is 8. The van der Waals surface area contributed by atoms with E-state index in [4.69, 9.17) is 28.4 Å². The van der Waals surface area contributed by atoms with E-state index in [1.807, 2.05) is 24.3 Å². The monoisotopic (exact) mass is 669 g/mol. The molecule has 1 amide bonds. The lowest BCUT2D eigenvalue weighted by atomic mass is 9.94. The van der Waals surface area contributed by atoms with Crippen molar-refractivity contribution in [1.82, 2.24) is 5.32 Å². The van der Waals surface area contributed by atoms with Crippen LogP contribution in [0, 0.1) is 0 Å². The van der Waals surface area contributed by atoms with Gasteiger partial charge in [-0.15, -0.1) is 0 Å². The van der Waals surface area contributed by atoms with Gasteiger partial charge in [0.05, 0.1) is 19.3 Å². The maximum Gasteiger partial charge on any atom is 0.251 e. The Kier molecular flexibility index (Phi) is 11.8. The lowest BCUT2D eigenvalue weighted by molar-refractivity contribution is -0.372. The highest BCUT2D eigenvalue weighted by molar-refractivity contribution is 5.98. The normalized spacial score (nSPS) is 41.1. The van der Waals surface area contributed by atoms with Crippen molar-refractivity contribution in [2.24, 2.45) is 0 Å². The molecule has 0 radical (unpaired) electrons. The number of nitrogens with one attached hydrogen (secondary N) is 1. The van der Waals surface area contributed by atoms with Crippen LogP contribution in [0.15, 0.2) is 42.5 Å². The maximum absolute atomic E-state index is 13.7. The molecule has 0 saturated carbocycles. The van der Waals surface area contributed by atoms with Crippen molar-refractivity contribution in [1.29, 1.82) is 0 Å². The predicted molar refractivity (Wildman–Crippen MR) is 158 cm³/mol. The van der Waals surface area contributed by atoms with Crippen molar-refractivity contribution < 1.29 is 74.1 Å². The third-order valence-electron chi connectivity index (χ3n) is 8.71. The summed E-state index contributed by atoms with van der Waals surface area (Å²) in [6.07, 6.45) is -21.5. The first-order chi connectivity index (χ1) is 22.5. The summed E-state index contributed by atoms with van der Waals surface area (Å²) >= 11 is 0. The zero-order valence-corrected chi connectivity index (χ0v) is 25.8. The van der Waals surface area contributed by atoms with Gasteiger partial charge in [0.1, 0.15) is 67.1 Å². The zero-order valence-electron chi connectivity index (χ0n) is 25.8. The fourth-order valence-corrected chi connectivity index (χ4v) is 6.02. The maximum atomic E-state index is 13.7. The number of carbonyl (C=O) groups is 1. The summed E-state index contributed by atoms with van der Waals surface area (Å²) < 4.78 is 35.3. The van der Waals surface area contributed by atoms with Crippen LogP contribution in [0.2, 0.25) is 0 Å². The number of hydrogen-bond donors (Lipinski definition) is 9. The van der Waals surface area contributed by atoms with Crippen LogP contribution in [0.1, 0.15) is 24.2 Å². The van der Waals surface area contributed by atoms with Gasteiger partial charge in [0.25, 0.3) is 5.91 Å². The molecule has 0 aliphatic carbocycles. The number of fused-ring (bicyclic) bond motifs is 1.